The third kappa shape index (κ3) is 1.05. The van der Waals surface area contributed by atoms with Crippen molar-refractivity contribution < 1.29 is 5.11 Å². The summed E-state index contributed by atoms with van der Waals surface area (Å²) in [5.41, 5.74) is 1.38. The van der Waals surface area contributed by atoms with Crippen LogP contribution < -0.4 is 5.32 Å². The van der Waals surface area contributed by atoms with Crippen molar-refractivity contribution in [3.05, 3.63) is 23.9 Å². The minimum atomic E-state index is 0.154. The van der Waals surface area contributed by atoms with Gasteiger partial charge in [-0.3, -0.25) is 0 Å². The molecule has 3 heteroatoms. The van der Waals surface area contributed by atoms with Gasteiger partial charge in [0, 0.05) is 11.5 Å². The van der Waals surface area contributed by atoms with Gasteiger partial charge in [0.05, 0.1) is 5.69 Å². The first-order valence-corrected chi connectivity index (χ1v) is 5.18. The summed E-state index contributed by atoms with van der Waals surface area (Å²) in [6.07, 6.45) is 2.39. The quantitative estimate of drug-likeness (QED) is 0.695. The summed E-state index contributed by atoms with van der Waals surface area (Å²) >= 11 is 0. The van der Waals surface area contributed by atoms with Gasteiger partial charge >= 0.3 is 0 Å². The van der Waals surface area contributed by atoms with E-state index in [-0.39, 0.29) is 5.88 Å². The topological polar surface area (TPSA) is 45.1 Å². The Morgan fingerprint density at radius 3 is 3.21 bits per heavy atom. The summed E-state index contributed by atoms with van der Waals surface area (Å²) in [5, 5.41) is 12.7. The van der Waals surface area contributed by atoms with E-state index in [2.05, 4.69) is 10.3 Å². The normalized spacial score (nSPS) is 35.0. The van der Waals surface area contributed by atoms with Gasteiger partial charge in [-0.1, -0.05) is 6.07 Å². The monoisotopic (exact) mass is 190 g/mol. The molecule has 14 heavy (non-hydrogen) atoms. The lowest BCUT2D eigenvalue weighted by Gasteiger charge is -2.22. The van der Waals surface area contributed by atoms with Crippen molar-refractivity contribution in [2.24, 2.45) is 5.92 Å². The maximum Gasteiger partial charge on any atom is 0.210 e. The van der Waals surface area contributed by atoms with Crippen LogP contribution in [0.15, 0.2) is 18.2 Å². The number of hydrogen-bond acceptors (Lipinski definition) is 3. The molecule has 1 aromatic heterocycles. The Morgan fingerprint density at radius 2 is 2.43 bits per heavy atom. The number of rotatable bonds is 1. The number of nitrogens with one attached hydrogen (secondary N) is 1. The second-order valence-electron chi connectivity index (χ2n) is 4.39. The van der Waals surface area contributed by atoms with Gasteiger partial charge in [-0.05, 0) is 37.9 Å². The van der Waals surface area contributed by atoms with Crippen molar-refractivity contribution in [3.8, 4) is 5.88 Å². The standard InChI is InChI=1S/C11H14N2O/c14-10-3-1-2-9(13-10)11-4-5-12-7-8(11)6-11/h1-3,8,12H,4-7H2,(H,13,14). The van der Waals surface area contributed by atoms with E-state index < -0.39 is 0 Å². The minimum Gasteiger partial charge on any atom is -0.493 e. The Bertz CT molecular complexity index is 366. The van der Waals surface area contributed by atoms with Gasteiger partial charge in [-0.2, -0.15) is 0 Å². The van der Waals surface area contributed by atoms with E-state index >= 15 is 0 Å². The Balaban J connectivity index is 1.95. The molecule has 0 spiro atoms. The van der Waals surface area contributed by atoms with E-state index in [0.29, 0.717) is 5.41 Å². The number of piperidine rings is 1. The van der Waals surface area contributed by atoms with Crippen molar-refractivity contribution >= 4 is 0 Å². The van der Waals surface area contributed by atoms with E-state index in [0.717, 1.165) is 31.1 Å². The molecule has 1 aromatic rings. The van der Waals surface area contributed by atoms with Crippen LogP contribution in [0, 0.1) is 5.92 Å². The van der Waals surface area contributed by atoms with Crippen LogP contribution in [0.25, 0.3) is 0 Å². The SMILES string of the molecule is Oc1cccc(C23CCNCC2C3)n1. The van der Waals surface area contributed by atoms with Crippen molar-refractivity contribution in [1.29, 1.82) is 0 Å². The largest absolute Gasteiger partial charge is 0.493 e. The van der Waals surface area contributed by atoms with Gasteiger partial charge in [-0.15, -0.1) is 0 Å². The predicted octanol–water partition coefficient (Wildman–Crippen LogP) is 1.04. The molecule has 1 aliphatic heterocycles. The fourth-order valence-electron chi connectivity index (χ4n) is 2.68. The minimum absolute atomic E-state index is 0.154. The summed E-state index contributed by atoms with van der Waals surface area (Å²) in [7, 11) is 0. The summed E-state index contributed by atoms with van der Waals surface area (Å²) in [4.78, 5) is 4.24. The lowest BCUT2D eigenvalue weighted by molar-refractivity contribution is 0.418. The molecule has 0 aromatic carbocycles. The highest BCUT2D eigenvalue weighted by atomic mass is 16.3. The van der Waals surface area contributed by atoms with E-state index in [1.165, 1.54) is 6.42 Å². The molecule has 3 nitrogen and oxygen atoms in total. The zero-order valence-corrected chi connectivity index (χ0v) is 8.03. The van der Waals surface area contributed by atoms with Gasteiger partial charge < -0.3 is 10.4 Å². The molecule has 2 unspecified atom stereocenters. The molecule has 1 saturated heterocycles. The maximum absolute atomic E-state index is 9.35. The highest BCUT2D eigenvalue weighted by Gasteiger charge is 2.56. The van der Waals surface area contributed by atoms with E-state index in [1.54, 1.807) is 6.07 Å². The fourth-order valence-corrected chi connectivity index (χ4v) is 2.68. The summed E-state index contributed by atoms with van der Waals surface area (Å²) in [6, 6.07) is 5.58. The van der Waals surface area contributed by atoms with Crippen LogP contribution >= 0.6 is 0 Å². The van der Waals surface area contributed by atoms with Crippen molar-refractivity contribution in [3.63, 3.8) is 0 Å². The van der Waals surface area contributed by atoms with Crippen molar-refractivity contribution in [1.82, 2.24) is 10.3 Å². The summed E-state index contributed by atoms with van der Waals surface area (Å²) < 4.78 is 0. The first-order valence-electron chi connectivity index (χ1n) is 5.18. The van der Waals surface area contributed by atoms with Gasteiger partial charge in [0.1, 0.15) is 0 Å². The van der Waals surface area contributed by atoms with Gasteiger partial charge in [-0.25, -0.2) is 4.98 Å². The highest BCUT2D eigenvalue weighted by Crippen LogP contribution is 2.57. The smallest absolute Gasteiger partial charge is 0.210 e. The zero-order valence-electron chi connectivity index (χ0n) is 8.03. The molecule has 2 fully saturated rings. The molecule has 2 atom stereocenters. The number of pyridine rings is 1. The molecule has 3 rings (SSSR count). The van der Waals surface area contributed by atoms with E-state index in [9.17, 15) is 5.11 Å². The third-order valence-corrected chi connectivity index (χ3v) is 3.62. The predicted molar refractivity (Wildman–Crippen MR) is 53.2 cm³/mol. The average Bonchev–Trinajstić information content (AvgIpc) is 2.93. The van der Waals surface area contributed by atoms with Crippen LogP contribution in [0.1, 0.15) is 18.5 Å². The number of nitrogens with zero attached hydrogens (tertiary/aromatic N) is 1. The molecule has 0 bridgehead atoms. The van der Waals surface area contributed by atoms with Crippen LogP contribution in [0.4, 0.5) is 0 Å². The average molecular weight is 190 g/mol. The number of hydrogen-bond donors (Lipinski definition) is 2. The molecular weight excluding hydrogens is 176 g/mol. The van der Waals surface area contributed by atoms with Gasteiger partial charge in [0.25, 0.3) is 0 Å². The second-order valence-corrected chi connectivity index (χ2v) is 4.39. The Kier molecular flexibility index (Phi) is 1.59. The second kappa shape index (κ2) is 2.70. The first kappa shape index (κ1) is 8.24. The molecule has 2 N–H and O–H groups in total. The van der Waals surface area contributed by atoms with Crippen LogP contribution in [0.3, 0.4) is 0 Å². The van der Waals surface area contributed by atoms with E-state index in [1.807, 2.05) is 12.1 Å². The molecule has 0 amide bonds. The molecule has 74 valence electrons. The maximum atomic E-state index is 9.35. The van der Waals surface area contributed by atoms with Crippen LogP contribution in [-0.4, -0.2) is 23.2 Å². The molecule has 1 aliphatic carbocycles. The van der Waals surface area contributed by atoms with E-state index in [4.69, 9.17) is 0 Å². The zero-order chi connectivity index (χ0) is 9.60. The highest BCUT2D eigenvalue weighted by molar-refractivity contribution is 5.31. The Morgan fingerprint density at radius 1 is 1.50 bits per heavy atom. The van der Waals surface area contributed by atoms with Crippen LogP contribution in [0.2, 0.25) is 0 Å². The van der Waals surface area contributed by atoms with Crippen molar-refractivity contribution in [2.75, 3.05) is 13.1 Å². The summed E-state index contributed by atoms with van der Waals surface area (Å²) in [5.74, 6) is 0.895. The number of aromatic hydroxyl groups is 1. The van der Waals surface area contributed by atoms with Crippen molar-refractivity contribution in [2.45, 2.75) is 18.3 Å². The lowest BCUT2D eigenvalue weighted by atomic mass is 9.92. The first-order chi connectivity index (χ1) is 6.81. The van der Waals surface area contributed by atoms with Crippen LogP contribution in [0.5, 0.6) is 5.88 Å². The fraction of sp³-hybridized carbons (Fsp3) is 0.545. The number of fused-ring (bicyclic) bond motifs is 1. The molecule has 2 heterocycles. The molecule has 2 aliphatic rings. The van der Waals surface area contributed by atoms with Gasteiger partial charge in [0.2, 0.25) is 5.88 Å². The third-order valence-electron chi connectivity index (χ3n) is 3.62. The lowest BCUT2D eigenvalue weighted by Crippen LogP contribution is -2.31. The van der Waals surface area contributed by atoms with Crippen LogP contribution in [-0.2, 0) is 5.41 Å². The van der Waals surface area contributed by atoms with Gasteiger partial charge in [0.15, 0.2) is 0 Å². The Hall–Kier alpha value is -1.09. The molecular formula is C11H14N2O. The molecule has 0 radical (unpaired) electrons. The molecule has 1 saturated carbocycles. The number of aromatic nitrogens is 1. The summed E-state index contributed by atoms with van der Waals surface area (Å²) in [6.45, 7) is 2.19. The Labute approximate surface area is 83.2 Å².